The molecule has 5 aliphatic rings. The number of ether oxygens (including phenoxy) is 3. The number of hydrogen-bond donors (Lipinski definition) is 3. The summed E-state index contributed by atoms with van der Waals surface area (Å²) in [6, 6.07) is 15.0. The van der Waals surface area contributed by atoms with Crippen LogP contribution in [0.5, 0.6) is 5.75 Å². The molecule has 2 saturated carbocycles. The molecule has 18 nitrogen and oxygen atoms in total. The monoisotopic (exact) mass is 1110 g/mol. The molecule has 4 amide bonds. The maximum absolute atomic E-state index is 14.6. The molecule has 4 fully saturated rings. The Labute approximate surface area is 463 Å². The minimum Gasteiger partial charge on any atom is -0.491 e. The van der Waals surface area contributed by atoms with Crippen LogP contribution in [0.2, 0.25) is 0 Å². The van der Waals surface area contributed by atoms with Crippen LogP contribution < -0.4 is 15.4 Å². The zero-order valence-electron chi connectivity index (χ0n) is 45.8. The number of H-pyrrole nitrogens is 1. The molecule has 5 heterocycles. The Kier molecular flexibility index (Phi) is 16.1. The van der Waals surface area contributed by atoms with Gasteiger partial charge in [-0.1, -0.05) is 68.7 Å². The van der Waals surface area contributed by atoms with Crippen LogP contribution in [0.1, 0.15) is 140 Å². The predicted octanol–water partition coefficient (Wildman–Crippen LogP) is 8.52. The quantitative estimate of drug-likeness (QED) is 0.0496. The van der Waals surface area contributed by atoms with Gasteiger partial charge < -0.3 is 34.6 Å². The number of amides is 4. The lowest BCUT2D eigenvalue weighted by atomic mass is 9.83. The van der Waals surface area contributed by atoms with E-state index in [2.05, 4.69) is 43.0 Å². The number of aromatic amines is 1. The standard InChI is InChI=1S/C58H72F2N10O8S/c1-35(67(6)55(75)78-56(2,3)4)51(72)64-47(36-15-9-7-10-16-36)54(74)69-22-14-21-45(69)53-63-44(34-79-53)50(71)38-19-13-20-41(27-38)77-26-25-76-24-23-68-31-39(32-68)49(37-17-11-8-12-18-37)70-33-40(30-61-70)62-52(73)48-42-28-46-57(5,58(46,59)60)29-43(42)65-66-48/h8,11-13,17-20,27,30,33-36,39,45-47,49H,7,9-10,14-16,21-26,28-29,31-32H2,1-6H3,(H,62,73)(H,64,72)(H,65,66)/t35?,45-,46-,47?,49?,57+/m0/s1. The summed E-state index contributed by atoms with van der Waals surface area (Å²) in [4.78, 5) is 78.5. The van der Waals surface area contributed by atoms with Gasteiger partial charge in [-0.3, -0.25) is 33.9 Å². The molecule has 3 aliphatic carbocycles. The fourth-order valence-corrected chi connectivity index (χ4v) is 13.0. The SMILES string of the molecule is CC(C(=O)NC(C(=O)N1CCC[C@H]1c1nc(C(=O)c2cccc(OCCOCCN3CC(C(c4ccccc4)n4cc(NC(=O)c5n[nH]c6c5C[C@@H]5C(F)(F)[C@]5(C)C6)cn4)C3)c2)cs1)C1CCCCC1)N(C)C(=O)OC(C)(C)C. The van der Waals surface area contributed by atoms with E-state index in [0.717, 1.165) is 63.7 Å². The van der Waals surface area contributed by atoms with E-state index in [0.29, 0.717) is 59.4 Å². The van der Waals surface area contributed by atoms with Crippen LogP contribution in [0.25, 0.3) is 0 Å². The second kappa shape index (κ2) is 22.9. The summed E-state index contributed by atoms with van der Waals surface area (Å²) in [6.07, 6.45) is 9.14. The fourth-order valence-electron chi connectivity index (χ4n) is 12.0. The number of benzene rings is 2. The molecule has 21 heteroatoms. The number of carbonyl (C=O) groups is 5. The van der Waals surface area contributed by atoms with Crippen molar-refractivity contribution in [2.45, 2.75) is 128 Å². The van der Waals surface area contributed by atoms with E-state index in [4.69, 9.17) is 19.2 Å². The molecule has 2 saturated heterocycles. The first-order valence-electron chi connectivity index (χ1n) is 27.7. The highest BCUT2D eigenvalue weighted by Crippen LogP contribution is 2.70. The van der Waals surface area contributed by atoms with Crippen LogP contribution in [0.4, 0.5) is 19.3 Å². The molecule has 3 N–H and O–H groups in total. The van der Waals surface area contributed by atoms with Gasteiger partial charge in [-0.15, -0.1) is 11.3 Å². The molecule has 79 heavy (non-hydrogen) atoms. The highest BCUT2D eigenvalue weighted by Gasteiger charge is 2.78. The first kappa shape index (κ1) is 55.7. The lowest BCUT2D eigenvalue weighted by Crippen LogP contribution is -2.56. The molecule has 0 bridgehead atoms. The first-order valence-corrected chi connectivity index (χ1v) is 28.6. The van der Waals surface area contributed by atoms with Crippen LogP contribution in [-0.4, -0.2) is 146 Å². The number of nitrogens with zero attached hydrogens (tertiary/aromatic N) is 7. The number of anilines is 1. The maximum Gasteiger partial charge on any atom is 0.410 e. The van der Waals surface area contributed by atoms with Gasteiger partial charge in [0.1, 0.15) is 40.7 Å². The Hall–Kier alpha value is -6.58. The molecule has 3 aromatic heterocycles. The normalized spacial score (nSPS) is 22.2. The predicted molar refractivity (Wildman–Crippen MR) is 291 cm³/mol. The van der Waals surface area contributed by atoms with Crippen LogP contribution >= 0.6 is 11.3 Å². The third kappa shape index (κ3) is 11.9. The number of likely N-dealkylation sites (tertiary alicyclic amines) is 2. The second-order valence-electron chi connectivity index (χ2n) is 23.3. The molecule has 422 valence electrons. The topological polar surface area (TPSA) is 206 Å². The average Bonchev–Trinajstić information content (AvgIpc) is 3.43. The van der Waals surface area contributed by atoms with Gasteiger partial charge in [0.05, 0.1) is 37.2 Å². The smallest absolute Gasteiger partial charge is 0.410 e. The van der Waals surface area contributed by atoms with Gasteiger partial charge in [0.15, 0.2) is 5.69 Å². The summed E-state index contributed by atoms with van der Waals surface area (Å²) in [5.41, 5.74) is 1.78. The number of hydrogen-bond acceptors (Lipinski definition) is 13. The van der Waals surface area contributed by atoms with Crippen LogP contribution in [0, 0.1) is 23.2 Å². The van der Waals surface area contributed by atoms with Crippen molar-refractivity contribution in [1.29, 1.82) is 0 Å². The van der Waals surface area contributed by atoms with Crippen molar-refractivity contribution in [2.75, 3.05) is 58.4 Å². The van der Waals surface area contributed by atoms with Crippen LogP contribution in [-0.2, 0) is 31.9 Å². The highest BCUT2D eigenvalue weighted by atomic mass is 32.1. The van der Waals surface area contributed by atoms with E-state index in [1.807, 2.05) is 27.8 Å². The maximum atomic E-state index is 14.6. The molecular weight excluding hydrogens is 1030 g/mol. The minimum absolute atomic E-state index is 0.0439. The summed E-state index contributed by atoms with van der Waals surface area (Å²) in [6.45, 7) is 12.5. The number of halogens is 2. The summed E-state index contributed by atoms with van der Waals surface area (Å²) in [5.74, 6) is -4.13. The molecule has 5 aromatic rings. The largest absolute Gasteiger partial charge is 0.491 e. The van der Waals surface area contributed by atoms with Gasteiger partial charge in [-0.25, -0.2) is 18.6 Å². The molecule has 6 atom stereocenters. The number of ketones is 1. The van der Waals surface area contributed by atoms with Crippen molar-refractivity contribution in [3.05, 3.63) is 111 Å². The summed E-state index contributed by atoms with van der Waals surface area (Å²) in [7, 11) is 1.52. The van der Waals surface area contributed by atoms with Gasteiger partial charge in [-0.05, 0) is 83.4 Å². The number of thiazole rings is 1. The van der Waals surface area contributed by atoms with Gasteiger partial charge in [0.25, 0.3) is 11.8 Å². The van der Waals surface area contributed by atoms with E-state index in [9.17, 15) is 32.8 Å². The van der Waals surface area contributed by atoms with Gasteiger partial charge in [0.2, 0.25) is 17.6 Å². The number of alkyl halides is 2. The Balaban J connectivity index is 0.680. The summed E-state index contributed by atoms with van der Waals surface area (Å²) >= 11 is 1.35. The third-order valence-corrected chi connectivity index (χ3v) is 17.7. The van der Waals surface area contributed by atoms with E-state index in [1.54, 1.807) is 76.7 Å². The Morgan fingerprint density at radius 1 is 0.962 bits per heavy atom. The zero-order chi connectivity index (χ0) is 55.8. The molecule has 0 spiro atoms. The lowest BCUT2D eigenvalue weighted by molar-refractivity contribution is -0.140. The van der Waals surface area contributed by atoms with Crippen molar-refractivity contribution < 1.29 is 47.0 Å². The second-order valence-corrected chi connectivity index (χ2v) is 24.2. The Morgan fingerprint density at radius 3 is 2.49 bits per heavy atom. The minimum atomic E-state index is -2.75. The van der Waals surface area contributed by atoms with Crippen LogP contribution in [0.3, 0.4) is 0 Å². The van der Waals surface area contributed by atoms with Crippen molar-refractivity contribution in [3.63, 3.8) is 0 Å². The van der Waals surface area contributed by atoms with Crippen molar-refractivity contribution in [2.24, 2.45) is 23.2 Å². The Morgan fingerprint density at radius 2 is 1.73 bits per heavy atom. The summed E-state index contributed by atoms with van der Waals surface area (Å²) < 4.78 is 48.5. The number of aromatic nitrogens is 5. The highest BCUT2D eigenvalue weighted by molar-refractivity contribution is 7.10. The first-order chi connectivity index (χ1) is 37.8. The molecule has 3 unspecified atom stereocenters. The molecule has 2 aliphatic heterocycles. The number of likely N-dealkylation sites (N-methyl/N-ethyl adjacent to an activating group) is 1. The molecule has 2 aromatic carbocycles. The van der Waals surface area contributed by atoms with E-state index >= 15 is 0 Å². The molecule has 0 radical (unpaired) electrons. The van der Waals surface area contributed by atoms with E-state index in [-0.39, 0.29) is 66.4 Å². The van der Waals surface area contributed by atoms with E-state index in [1.165, 1.54) is 23.3 Å². The number of nitrogens with one attached hydrogen (secondary N) is 3. The van der Waals surface area contributed by atoms with Crippen molar-refractivity contribution in [1.82, 2.24) is 45.0 Å². The van der Waals surface area contributed by atoms with E-state index < -0.39 is 52.8 Å². The number of carbonyl (C=O) groups excluding carboxylic acids is 5. The summed E-state index contributed by atoms with van der Waals surface area (Å²) in [5, 5.41) is 20.1. The zero-order valence-corrected chi connectivity index (χ0v) is 46.7. The van der Waals surface area contributed by atoms with Crippen molar-refractivity contribution >= 4 is 46.6 Å². The lowest BCUT2D eigenvalue weighted by Gasteiger charge is -2.43. The fraction of sp³-hybridized carbons (Fsp3) is 0.552. The number of fused-ring (bicyclic) bond motifs is 2. The Bertz CT molecular complexity index is 3020. The molecular formula is C58H72F2N10O8S. The van der Waals surface area contributed by atoms with Gasteiger partial charge >= 0.3 is 6.09 Å². The van der Waals surface area contributed by atoms with Gasteiger partial charge in [0, 0.05) is 85.3 Å². The average molecular weight is 1110 g/mol. The number of rotatable bonds is 20. The third-order valence-electron chi connectivity index (χ3n) is 16.8. The van der Waals surface area contributed by atoms with Gasteiger partial charge in [-0.2, -0.15) is 10.2 Å². The van der Waals surface area contributed by atoms with Crippen molar-refractivity contribution in [3.8, 4) is 5.75 Å². The van der Waals surface area contributed by atoms with Crippen LogP contribution in [0.15, 0.2) is 72.4 Å². The molecule has 10 rings (SSSR count).